The molecule has 0 atom stereocenters. The third-order valence-electron chi connectivity index (χ3n) is 5.04. The number of ether oxygens (including phenoxy) is 1. The number of hydrogen-bond acceptors (Lipinski definition) is 4. The Balaban J connectivity index is 1.62. The number of rotatable bonds is 5. The van der Waals surface area contributed by atoms with Crippen LogP contribution in [-0.2, 0) is 10.0 Å². The van der Waals surface area contributed by atoms with Crippen molar-refractivity contribution in [2.24, 2.45) is 0 Å². The molecule has 1 amide bonds. The molecule has 0 aromatic heterocycles. The van der Waals surface area contributed by atoms with Gasteiger partial charge in [0.1, 0.15) is 5.75 Å². The van der Waals surface area contributed by atoms with E-state index in [0.717, 1.165) is 11.1 Å². The van der Waals surface area contributed by atoms with Crippen LogP contribution in [-0.4, -0.2) is 45.5 Å². The highest BCUT2D eigenvalue weighted by Crippen LogP contribution is 2.21. The summed E-state index contributed by atoms with van der Waals surface area (Å²) >= 11 is 0. The number of nitrogens with one attached hydrogen (secondary N) is 1. The van der Waals surface area contributed by atoms with Crippen molar-refractivity contribution in [3.05, 3.63) is 59.2 Å². The molecule has 0 bridgehead atoms. The first-order valence-electron chi connectivity index (χ1n) is 9.33. The average molecular weight is 403 g/mol. The van der Waals surface area contributed by atoms with E-state index in [-0.39, 0.29) is 11.9 Å². The van der Waals surface area contributed by atoms with Crippen LogP contribution in [0.4, 0.5) is 0 Å². The number of hydrogen-bond donors (Lipinski definition) is 1. The van der Waals surface area contributed by atoms with Crippen molar-refractivity contribution in [2.75, 3.05) is 20.2 Å². The fraction of sp³-hybridized carbons (Fsp3) is 0.381. The number of likely N-dealkylation sites (tertiary alicyclic amines) is 1. The van der Waals surface area contributed by atoms with E-state index in [9.17, 15) is 13.2 Å². The number of carbonyl (C=O) groups excluding carboxylic acids is 1. The van der Waals surface area contributed by atoms with Gasteiger partial charge in [-0.2, -0.15) is 0 Å². The largest absolute Gasteiger partial charge is 0.497 e. The Hall–Kier alpha value is -2.38. The van der Waals surface area contributed by atoms with Crippen LogP contribution in [0.1, 0.15) is 34.3 Å². The summed E-state index contributed by atoms with van der Waals surface area (Å²) in [5.74, 6) is 0.580. The van der Waals surface area contributed by atoms with Gasteiger partial charge in [0.15, 0.2) is 0 Å². The lowest BCUT2D eigenvalue weighted by Gasteiger charge is -2.32. The number of nitrogens with zero attached hydrogens (tertiary/aromatic N) is 1. The second-order valence-corrected chi connectivity index (χ2v) is 8.87. The number of aryl methyl sites for hydroxylation is 2. The maximum absolute atomic E-state index is 12.7. The molecule has 1 fully saturated rings. The number of sulfonamides is 1. The number of amides is 1. The lowest BCUT2D eigenvalue weighted by atomic mass is 10.0. The van der Waals surface area contributed by atoms with Gasteiger partial charge >= 0.3 is 0 Å². The van der Waals surface area contributed by atoms with Crippen LogP contribution in [0.3, 0.4) is 0 Å². The second kappa shape index (κ2) is 8.32. The van der Waals surface area contributed by atoms with Crippen LogP contribution in [0.5, 0.6) is 5.75 Å². The zero-order valence-electron chi connectivity index (χ0n) is 16.4. The van der Waals surface area contributed by atoms with Crippen LogP contribution < -0.4 is 9.46 Å². The zero-order chi connectivity index (χ0) is 20.3. The third-order valence-corrected chi connectivity index (χ3v) is 6.72. The molecule has 1 N–H and O–H groups in total. The van der Waals surface area contributed by atoms with E-state index >= 15 is 0 Å². The quantitative estimate of drug-likeness (QED) is 0.834. The van der Waals surface area contributed by atoms with Gasteiger partial charge in [-0.15, -0.1) is 0 Å². The zero-order valence-corrected chi connectivity index (χ0v) is 17.3. The molecule has 1 aliphatic heterocycles. The molecule has 1 heterocycles. The van der Waals surface area contributed by atoms with Gasteiger partial charge < -0.3 is 9.64 Å². The minimum absolute atomic E-state index is 0.0606. The molecular weight excluding hydrogens is 376 g/mol. The summed E-state index contributed by atoms with van der Waals surface area (Å²) < 4.78 is 33.4. The number of piperidine rings is 1. The monoisotopic (exact) mass is 402 g/mol. The Bertz CT molecular complexity index is 964. The smallest absolute Gasteiger partial charge is 0.253 e. The van der Waals surface area contributed by atoms with Crippen molar-refractivity contribution >= 4 is 15.9 Å². The molecule has 1 aliphatic rings. The van der Waals surface area contributed by atoms with E-state index in [2.05, 4.69) is 4.72 Å². The van der Waals surface area contributed by atoms with Crippen LogP contribution >= 0.6 is 0 Å². The Morgan fingerprint density at radius 1 is 1.11 bits per heavy atom. The average Bonchev–Trinajstić information content (AvgIpc) is 2.67. The second-order valence-electron chi connectivity index (χ2n) is 7.19. The molecule has 7 heteroatoms. The standard InChI is InChI=1S/C21H26N2O4S/c1-15-7-8-20(16(2)13-15)28(25,26)22-18-9-11-23(12-10-18)21(24)17-5-4-6-19(14-17)27-3/h4-8,13-14,18,22H,9-12H2,1-3H3. The van der Waals surface area contributed by atoms with Crippen LogP contribution in [0, 0.1) is 13.8 Å². The van der Waals surface area contributed by atoms with E-state index in [0.29, 0.717) is 42.1 Å². The topological polar surface area (TPSA) is 75.7 Å². The highest BCUT2D eigenvalue weighted by molar-refractivity contribution is 7.89. The SMILES string of the molecule is COc1cccc(C(=O)N2CCC(NS(=O)(=O)c3ccc(C)cc3C)CC2)c1. The van der Waals surface area contributed by atoms with Gasteiger partial charge in [-0.3, -0.25) is 4.79 Å². The fourth-order valence-corrected chi connectivity index (χ4v) is 5.05. The Morgan fingerprint density at radius 3 is 2.46 bits per heavy atom. The highest BCUT2D eigenvalue weighted by atomic mass is 32.2. The molecule has 0 unspecified atom stereocenters. The Labute approximate surface area is 166 Å². The summed E-state index contributed by atoms with van der Waals surface area (Å²) in [7, 11) is -2.01. The van der Waals surface area contributed by atoms with Crippen LogP contribution in [0.2, 0.25) is 0 Å². The Kier molecular flexibility index (Phi) is 6.05. The highest BCUT2D eigenvalue weighted by Gasteiger charge is 2.28. The maximum Gasteiger partial charge on any atom is 0.253 e. The van der Waals surface area contributed by atoms with Crippen molar-refractivity contribution in [3.63, 3.8) is 0 Å². The van der Waals surface area contributed by atoms with Crippen molar-refractivity contribution in [2.45, 2.75) is 37.6 Å². The summed E-state index contributed by atoms with van der Waals surface area (Å²) in [4.78, 5) is 14.8. The first-order valence-corrected chi connectivity index (χ1v) is 10.8. The predicted octanol–water partition coefficient (Wildman–Crippen LogP) is 2.90. The van der Waals surface area contributed by atoms with Crippen molar-refractivity contribution < 1.29 is 17.9 Å². The van der Waals surface area contributed by atoms with E-state index in [1.54, 1.807) is 55.3 Å². The first-order chi connectivity index (χ1) is 13.3. The first kappa shape index (κ1) is 20.4. The van der Waals surface area contributed by atoms with E-state index in [1.165, 1.54) is 0 Å². The minimum Gasteiger partial charge on any atom is -0.497 e. The third kappa shape index (κ3) is 4.54. The van der Waals surface area contributed by atoms with E-state index in [1.807, 2.05) is 13.0 Å². The minimum atomic E-state index is -3.58. The molecule has 1 saturated heterocycles. The van der Waals surface area contributed by atoms with E-state index in [4.69, 9.17) is 4.74 Å². The summed E-state index contributed by atoms with van der Waals surface area (Å²) in [5.41, 5.74) is 2.34. The molecule has 0 radical (unpaired) electrons. The van der Waals surface area contributed by atoms with Gasteiger partial charge in [-0.25, -0.2) is 13.1 Å². The molecular formula is C21H26N2O4S. The molecule has 2 aromatic carbocycles. The lowest BCUT2D eigenvalue weighted by molar-refractivity contribution is 0.0711. The van der Waals surface area contributed by atoms with Crippen LogP contribution in [0.15, 0.2) is 47.4 Å². The number of carbonyl (C=O) groups is 1. The van der Waals surface area contributed by atoms with Gasteiger partial charge in [0.2, 0.25) is 10.0 Å². The van der Waals surface area contributed by atoms with Gasteiger partial charge in [0.05, 0.1) is 12.0 Å². The van der Waals surface area contributed by atoms with Crippen molar-refractivity contribution in [3.8, 4) is 5.75 Å². The number of methoxy groups -OCH3 is 1. The summed E-state index contributed by atoms with van der Waals surface area (Å²) in [6.07, 6.45) is 1.17. The molecule has 0 spiro atoms. The molecule has 0 saturated carbocycles. The Morgan fingerprint density at radius 2 is 1.82 bits per heavy atom. The summed E-state index contributed by atoms with van der Waals surface area (Å²) in [6, 6.07) is 12.2. The van der Waals surface area contributed by atoms with Crippen molar-refractivity contribution in [1.29, 1.82) is 0 Å². The van der Waals surface area contributed by atoms with Crippen LogP contribution in [0.25, 0.3) is 0 Å². The maximum atomic E-state index is 12.7. The lowest BCUT2D eigenvalue weighted by Crippen LogP contribution is -2.46. The molecule has 3 rings (SSSR count). The fourth-order valence-electron chi connectivity index (χ4n) is 3.52. The van der Waals surface area contributed by atoms with Gasteiger partial charge in [-0.1, -0.05) is 23.8 Å². The summed E-state index contributed by atoms with van der Waals surface area (Å²) in [6.45, 7) is 4.76. The molecule has 2 aromatic rings. The predicted molar refractivity (Wildman–Crippen MR) is 108 cm³/mol. The molecule has 0 aliphatic carbocycles. The number of benzene rings is 2. The molecule has 150 valence electrons. The normalized spacial score (nSPS) is 15.5. The van der Waals surface area contributed by atoms with Gasteiger partial charge in [0, 0.05) is 24.7 Å². The van der Waals surface area contributed by atoms with E-state index < -0.39 is 10.0 Å². The molecule has 28 heavy (non-hydrogen) atoms. The summed E-state index contributed by atoms with van der Waals surface area (Å²) in [5, 5.41) is 0. The molecule has 6 nitrogen and oxygen atoms in total. The van der Waals surface area contributed by atoms with Gasteiger partial charge in [0.25, 0.3) is 5.91 Å². The van der Waals surface area contributed by atoms with Crippen molar-refractivity contribution in [1.82, 2.24) is 9.62 Å². The van der Waals surface area contributed by atoms with Gasteiger partial charge in [-0.05, 0) is 56.5 Å².